The highest BCUT2D eigenvalue weighted by Crippen LogP contribution is 2.10. The molecule has 0 saturated carbocycles. The fraction of sp³-hybridized carbons (Fsp3) is 0.333. The maximum atomic E-state index is 13.3. The fourth-order valence-electron chi connectivity index (χ4n) is 3.31. The second-order valence-electron chi connectivity index (χ2n) is 8.44. The molecule has 2 rings (SSSR count). The Kier molecular flexibility index (Phi) is 11.2. The summed E-state index contributed by atoms with van der Waals surface area (Å²) in [5.74, 6) is -3.61. The van der Waals surface area contributed by atoms with Crippen LogP contribution in [0.4, 0.5) is 4.39 Å². The Hall–Kier alpha value is -4.04. The first kappa shape index (κ1) is 30.2. The maximum Gasteiger partial charge on any atom is 0.326 e. The van der Waals surface area contributed by atoms with Gasteiger partial charge in [-0.25, -0.2) is 22.3 Å². The molecule has 2 aromatic rings. The lowest BCUT2D eigenvalue weighted by Crippen LogP contribution is -2.53. The monoisotopic (exact) mass is 550 g/mol. The summed E-state index contributed by atoms with van der Waals surface area (Å²) < 4.78 is 40.4. The molecular formula is C24H31FN6O6S. The Morgan fingerprint density at radius 2 is 1.63 bits per heavy atom. The Labute approximate surface area is 219 Å². The molecule has 0 fully saturated rings. The van der Waals surface area contributed by atoms with E-state index in [4.69, 9.17) is 11.5 Å². The van der Waals surface area contributed by atoms with Crippen molar-refractivity contribution in [1.82, 2.24) is 15.4 Å². The lowest BCUT2D eigenvalue weighted by Gasteiger charge is -2.22. The summed E-state index contributed by atoms with van der Waals surface area (Å²) in [5, 5.41) is 14.3. The largest absolute Gasteiger partial charge is 0.480 e. The van der Waals surface area contributed by atoms with E-state index in [0.717, 1.165) is 5.56 Å². The molecule has 2 amide bonds. The van der Waals surface area contributed by atoms with Gasteiger partial charge in [0.1, 0.15) is 17.9 Å². The third-order valence-corrected chi connectivity index (χ3v) is 6.74. The summed E-state index contributed by atoms with van der Waals surface area (Å²) in [5.41, 5.74) is 11.8. The molecule has 0 saturated heterocycles. The normalized spacial score (nSPS) is 12.7. The Morgan fingerprint density at radius 1 is 1.00 bits per heavy atom. The number of nitrogens with zero attached hydrogens (tertiary/aromatic N) is 1. The number of hydrogen-bond donors (Lipinski definition) is 6. The molecule has 14 heteroatoms. The first-order valence-electron chi connectivity index (χ1n) is 11.6. The molecular weight excluding hydrogens is 519 g/mol. The number of halogens is 1. The number of aryl methyl sites for hydroxylation is 1. The Bertz CT molecular complexity index is 1250. The van der Waals surface area contributed by atoms with Crippen LogP contribution < -0.4 is 26.8 Å². The topological polar surface area (TPSA) is 206 Å². The average Bonchev–Trinajstić information content (AvgIpc) is 2.85. The van der Waals surface area contributed by atoms with Gasteiger partial charge in [-0.2, -0.15) is 0 Å². The van der Waals surface area contributed by atoms with Crippen LogP contribution in [0.2, 0.25) is 0 Å². The van der Waals surface area contributed by atoms with Gasteiger partial charge >= 0.3 is 5.97 Å². The summed E-state index contributed by atoms with van der Waals surface area (Å²) in [6.45, 7) is 1.27. The maximum absolute atomic E-state index is 13.3. The van der Waals surface area contributed by atoms with E-state index in [9.17, 15) is 32.3 Å². The number of carboxylic acid groups (broad SMARTS) is 1. The third-order valence-electron chi connectivity index (χ3n) is 5.32. The number of hydrogen-bond acceptors (Lipinski definition) is 6. The van der Waals surface area contributed by atoms with Crippen molar-refractivity contribution in [2.75, 3.05) is 13.1 Å². The van der Waals surface area contributed by atoms with Crippen LogP contribution in [0.5, 0.6) is 0 Å². The lowest BCUT2D eigenvalue weighted by atomic mass is 10.0. The van der Waals surface area contributed by atoms with E-state index in [1.165, 1.54) is 36.4 Å². The van der Waals surface area contributed by atoms with Crippen molar-refractivity contribution in [2.24, 2.45) is 16.5 Å². The van der Waals surface area contributed by atoms with Crippen LogP contribution in [-0.4, -0.2) is 62.4 Å². The van der Waals surface area contributed by atoms with Crippen LogP contribution in [0.3, 0.4) is 0 Å². The van der Waals surface area contributed by atoms with Crippen LogP contribution in [0.15, 0.2) is 58.4 Å². The van der Waals surface area contributed by atoms with Gasteiger partial charge in [0.25, 0.3) is 0 Å². The van der Waals surface area contributed by atoms with Gasteiger partial charge in [0.2, 0.25) is 21.8 Å². The number of guanidine groups is 1. The first-order chi connectivity index (χ1) is 17.9. The van der Waals surface area contributed by atoms with Gasteiger partial charge in [-0.3, -0.25) is 14.6 Å². The molecule has 0 spiro atoms. The number of aliphatic imine (C=N–C) groups is 1. The van der Waals surface area contributed by atoms with Crippen molar-refractivity contribution >= 4 is 33.8 Å². The molecule has 0 aliphatic carbocycles. The number of benzene rings is 2. The predicted octanol–water partition coefficient (Wildman–Crippen LogP) is -0.237. The van der Waals surface area contributed by atoms with Crippen molar-refractivity contribution in [3.8, 4) is 0 Å². The first-order valence-corrected chi connectivity index (χ1v) is 13.0. The predicted molar refractivity (Wildman–Crippen MR) is 138 cm³/mol. The van der Waals surface area contributed by atoms with E-state index in [2.05, 4.69) is 20.3 Å². The van der Waals surface area contributed by atoms with Gasteiger partial charge < -0.3 is 27.2 Å². The molecule has 8 N–H and O–H groups in total. The highest BCUT2D eigenvalue weighted by molar-refractivity contribution is 7.89. The Balaban J connectivity index is 2.11. The molecule has 38 heavy (non-hydrogen) atoms. The second kappa shape index (κ2) is 14.0. The van der Waals surface area contributed by atoms with Gasteiger partial charge in [0.05, 0.1) is 11.4 Å². The van der Waals surface area contributed by atoms with Gasteiger partial charge in [-0.05, 0) is 49.6 Å². The van der Waals surface area contributed by atoms with E-state index in [1.807, 2.05) is 0 Å². The molecule has 0 aliphatic rings. The minimum Gasteiger partial charge on any atom is -0.480 e. The van der Waals surface area contributed by atoms with E-state index in [1.54, 1.807) is 19.1 Å². The number of carbonyl (C=O) groups excluding carboxylic acids is 2. The molecule has 12 nitrogen and oxygen atoms in total. The molecule has 0 heterocycles. The SMILES string of the molecule is Cc1ccc(S(=O)(=O)NCC(=O)NC(Cc2ccc(F)cc2)C(=O)NC(CCCN=C(N)N)C(=O)O)cc1. The number of sulfonamides is 1. The van der Waals surface area contributed by atoms with Crippen LogP contribution in [0, 0.1) is 12.7 Å². The summed E-state index contributed by atoms with van der Waals surface area (Å²) in [4.78, 5) is 41.0. The molecule has 2 aromatic carbocycles. The van der Waals surface area contributed by atoms with Crippen molar-refractivity contribution < 1.29 is 32.3 Å². The van der Waals surface area contributed by atoms with E-state index >= 15 is 0 Å². The number of carbonyl (C=O) groups is 3. The fourth-order valence-corrected chi connectivity index (χ4v) is 4.29. The summed E-state index contributed by atoms with van der Waals surface area (Å²) in [6.07, 6.45) is 0.152. The zero-order valence-corrected chi connectivity index (χ0v) is 21.5. The zero-order valence-electron chi connectivity index (χ0n) is 20.7. The second-order valence-corrected chi connectivity index (χ2v) is 10.2. The van der Waals surface area contributed by atoms with Crippen molar-refractivity contribution in [2.45, 2.75) is 43.2 Å². The molecule has 0 bridgehead atoms. The number of rotatable bonds is 14. The van der Waals surface area contributed by atoms with E-state index in [0.29, 0.717) is 5.56 Å². The van der Waals surface area contributed by atoms with Crippen molar-refractivity contribution in [3.63, 3.8) is 0 Å². The quantitative estimate of drug-likeness (QED) is 0.105. The van der Waals surface area contributed by atoms with Gasteiger partial charge in [-0.15, -0.1) is 0 Å². The third kappa shape index (κ3) is 10.1. The molecule has 0 radical (unpaired) electrons. The molecule has 0 aromatic heterocycles. The number of amides is 2. The zero-order chi connectivity index (χ0) is 28.3. The number of aliphatic carboxylic acids is 1. The molecule has 0 aliphatic heterocycles. The van der Waals surface area contributed by atoms with Gasteiger partial charge in [-0.1, -0.05) is 29.8 Å². The van der Waals surface area contributed by atoms with Crippen molar-refractivity contribution in [3.05, 3.63) is 65.5 Å². The summed E-state index contributed by atoms with van der Waals surface area (Å²) in [7, 11) is -4.00. The average molecular weight is 551 g/mol. The van der Waals surface area contributed by atoms with Gasteiger partial charge in [0, 0.05) is 13.0 Å². The van der Waals surface area contributed by atoms with Gasteiger partial charge in [0.15, 0.2) is 5.96 Å². The van der Waals surface area contributed by atoms with E-state index in [-0.39, 0.29) is 36.7 Å². The minimum absolute atomic E-state index is 0.00537. The highest BCUT2D eigenvalue weighted by atomic mass is 32.2. The standard InChI is InChI=1S/C24H31FN6O6S/c1-15-4-10-18(11-5-15)38(36,37)29-14-21(32)30-20(13-16-6-8-17(25)9-7-16)22(33)31-19(23(34)35)3-2-12-28-24(26)27/h4-11,19-20,29H,2-3,12-14H2,1H3,(H,30,32)(H,31,33)(H,34,35)(H4,26,27,28). The number of nitrogens with two attached hydrogens (primary N) is 2. The van der Waals surface area contributed by atoms with Crippen molar-refractivity contribution in [1.29, 1.82) is 0 Å². The summed E-state index contributed by atoms with van der Waals surface area (Å²) in [6, 6.07) is 8.57. The summed E-state index contributed by atoms with van der Waals surface area (Å²) >= 11 is 0. The highest BCUT2D eigenvalue weighted by Gasteiger charge is 2.27. The number of nitrogens with one attached hydrogen (secondary N) is 3. The number of carboxylic acids is 1. The Morgan fingerprint density at radius 3 is 2.21 bits per heavy atom. The molecule has 2 atom stereocenters. The lowest BCUT2D eigenvalue weighted by molar-refractivity contribution is -0.142. The molecule has 2 unspecified atom stereocenters. The van der Waals surface area contributed by atoms with Crippen LogP contribution >= 0.6 is 0 Å². The van der Waals surface area contributed by atoms with Crippen LogP contribution in [0.1, 0.15) is 24.0 Å². The molecule has 206 valence electrons. The van der Waals surface area contributed by atoms with Crippen LogP contribution in [0.25, 0.3) is 0 Å². The minimum atomic E-state index is -4.00. The van der Waals surface area contributed by atoms with Crippen LogP contribution in [-0.2, 0) is 30.8 Å². The smallest absolute Gasteiger partial charge is 0.326 e. The van der Waals surface area contributed by atoms with E-state index < -0.39 is 52.3 Å².